The summed E-state index contributed by atoms with van der Waals surface area (Å²) in [5.74, 6) is 1.33. The smallest absolute Gasteiger partial charge is 0.146 e. The van der Waals surface area contributed by atoms with E-state index in [1.165, 1.54) is 6.42 Å². The van der Waals surface area contributed by atoms with Gasteiger partial charge in [0, 0.05) is 15.8 Å². The van der Waals surface area contributed by atoms with E-state index >= 15 is 0 Å². The van der Waals surface area contributed by atoms with Gasteiger partial charge in [0.2, 0.25) is 0 Å². The Balaban J connectivity index is 1.84. The molecule has 0 unspecified atom stereocenters. The van der Waals surface area contributed by atoms with Crippen molar-refractivity contribution < 1.29 is 4.79 Å². The lowest BCUT2D eigenvalue weighted by atomic mass is 9.83. The van der Waals surface area contributed by atoms with E-state index in [1.807, 2.05) is 24.3 Å². The molecular formula is C12H13ClOS. The summed E-state index contributed by atoms with van der Waals surface area (Å²) in [5.41, 5.74) is 0. The Morgan fingerprint density at radius 3 is 2.87 bits per heavy atom. The predicted molar refractivity (Wildman–Crippen MR) is 64.5 cm³/mol. The summed E-state index contributed by atoms with van der Waals surface area (Å²) in [6.45, 7) is 0. The fourth-order valence-corrected chi connectivity index (χ4v) is 2.74. The molecule has 80 valence electrons. The van der Waals surface area contributed by atoms with Crippen molar-refractivity contribution in [1.29, 1.82) is 0 Å². The van der Waals surface area contributed by atoms with E-state index < -0.39 is 0 Å². The SMILES string of the molecule is O=C(CSc1cccc(Cl)c1)C1CCC1. The number of hydrogen-bond acceptors (Lipinski definition) is 2. The van der Waals surface area contributed by atoms with E-state index in [2.05, 4.69) is 0 Å². The first-order chi connectivity index (χ1) is 7.25. The lowest BCUT2D eigenvalue weighted by Crippen LogP contribution is -2.23. The van der Waals surface area contributed by atoms with Crippen LogP contribution >= 0.6 is 23.4 Å². The van der Waals surface area contributed by atoms with Gasteiger partial charge >= 0.3 is 0 Å². The van der Waals surface area contributed by atoms with Crippen molar-refractivity contribution in [3.05, 3.63) is 29.3 Å². The summed E-state index contributed by atoms with van der Waals surface area (Å²) in [7, 11) is 0. The molecule has 1 saturated carbocycles. The molecule has 0 bridgehead atoms. The molecule has 3 heteroatoms. The molecule has 0 saturated heterocycles. The van der Waals surface area contributed by atoms with E-state index in [0.29, 0.717) is 17.5 Å². The second-order valence-electron chi connectivity index (χ2n) is 3.84. The van der Waals surface area contributed by atoms with Gasteiger partial charge in [-0.3, -0.25) is 4.79 Å². The number of benzene rings is 1. The lowest BCUT2D eigenvalue weighted by molar-refractivity contribution is -0.122. The first-order valence-corrected chi connectivity index (χ1v) is 6.53. The third-order valence-electron chi connectivity index (χ3n) is 2.74. The third kappa shape index (κ3) is 2.99. The second kappa shape index (κ2) is 5.04. The van der Waals surface area contributed by atoms with Gasteiger partial charge in [-0.2, -0.15) is 0 Å². The number of hydrogen-bond donors (Lipinski definition) is 0. The summed E-state index contributed by atoms with van der Waals surface area (Å²) in [6.07, 6.45) is 3.40. The molecule has 1 aromatic carbocycles. The number of thioether (sulfide) groups is 1. The highest BCUT2D eigenvalue weighted by Crippen LogP contribution is 2.30. The van der Waals surface area contributed by atoms with Crippen LogP contribution in [0.5, 0.6) is 0 Å². The van der Waals surface area contributed by atoms with E-state index in [1.54, 1.807) is 11.8 Å². The Hall–Kier alpha value is -0.470. The Kier molecular flexibility index (Phi) is 3.71. The first-order valence-electron chi connectivity index (χ1n) is 5.17. The molecule has 0 spiro atoms. The van der Waals surface area contributed by atoms with Gasteiger partial charge in [0.25, 0.3) is 0 Å². The Labute approximate surface area is 99.2 Å². The average molecular weight is 241 g/mol. The number of rotatable bonds is 4. The maximum atomic E-state index is 11.6. The fourth-order valence-electron chi connectivity index (χ4n) is 1.56. The molecule has 1 aromatic rings. The zero-order chi connectivity index (χ0) is 10.7. The van der Waals surface area contributed by atoms with Crippen molar-refractivity contribution in [2.75, 3.05) is 5.75 Å². The third-order valence-corrected chi connectivity index (χ3v) is 3.99. The van der Waals surface area contributed by atoms with Crippen LogP contribution < -0.4 is 0 Å². The molecule has 15 heavy (non-hydrogen) atoms. The van der Waals surface area contributed by atoms with Crippen molar-refractivity contribution in [2.24, 2.45) is 5.92 Å². The molecule has 1 aliphatic carbocycles. The van der Waals surface area contributed by atoms with E-state index in [0.717, 1.165) is 22.8 Å². The minimum Gasteiger partial charge on any atom is -0.298 e. The van der Waals surface area contributed by atoms with Gasteiger partial charge in [0.15, 0.2) is 0 Å². The molecule has 0 atom stereocenters. The van der Waals surface area contributed by atoms with Crippen LogP contribution in [0, 0.1) is 5.92 Å². The van der Waals surface area contributed by atoms with Gasteiger partial charge in [-0.1, -0.05) is 24.1 Å². The molecule has 0 amide bonds. The topological polar surface area (TPSA) is 17.1 Å². The van der Waals surface area contributed by atoms with Crippen LogP contribution in [-0.2, 0) is 4.79 Å². The lowest BCUT2D eigenvalue weighted by Gasteiger charge is -2.23. The number of carbonyl (C=O) groups is 1. The molecule has 0 aliphatic heterocycles. The molecule has 0 radical (unpaired) electrons. The van der Waals surface area contributed by atoms with Crippen molar-refractivity contribution in [2.45, 2.75) is 24.2 Å². The van der Waals surface area contributed by atoms with Crippen molar-refractivity contribution in [3.63, 3.8) is 0 Å². The largest absolute Gasteiger partial charge is 0.298 e. The van der Waals surface area contributed by atoms with Crippen molar-refractivity contribution in [1.82, 2.24) is 0 Å². The summed E-state index contributed by atoms with van der Waals surface area (Å²) in [6, 6.07) is 7.66. The quantitative estimate of drug-likeness (QED) is 0.745. The van der Waals surface area contributed by atoms with E-state index in [4.69, 9.17) is 11.6 Å². The second-order valence-corrected chi connectivity index (χ2v) is 5.33. The number of ketones is 1. The predicted octanol–water partition coefficient (Wildman–Crippen LogP) is 3.80. The molecular weight excluding hydrogens is 228 g/mol. The van der Waals surface area contributed by atoms with Crippen LogP contribution in [0.25, 0.3) is 0 Å². The Bertz CT molecular complexity index is 360. The van der Waals surface area contributed by atoms with E-state index in [-0.39, 0.29) is 0 Å². The molecule has 1 fully saturated rings. The van der Waals surface area contributed by atoms with Crippen LogP contribution in [0.4, 0.5) is 0 Å². The highest BCUT2D eigenvalue weighted by Gasteiger charge is 2.24. The number of halogens is 1. The zero-order valence-electron chi connectivity index (χ0n) is 8.41. The van der Waals surface area contributed by atoms with Crippen LogP contribution in [0.1, 0.15) is 19.3 Å². The molecule has 0 heterocycles. The van der Waals surface area contributed by atoms with Gasteiger partial charge in [-0.15, -0.1) is 11.8 Å². The van der Waals surface area contributed by atoms with Gasteiger partial charge in [0.1, 0.15) is 5.78 Å². The van der Waals surface area contributed by atoms with Gasteiger partial charge in [-0.25, -0.2) is 0 Å². The summed E-state index contributed by atoms with van der Waals surface area (Å²) >= 11 is 7.45. The number of carbonyl (C=O) groups excluding carboxylic acids is 1. The minimum absolute atomic E-state index is 0.344. The zero-order valence-corrected chi connectivity index (χ0v) is 9.98. The Morgan fingerprint density at radius 1 is 1.47 bits per heavy atom. The first kappa shape index (κ1) is 11.0. The van der Waals surface area contributed by atoms with Crippen LogP contribution in [-0.4, -0.2) is 11.5 Å². The number of Topliss-reactive ketones (excluding diaryl/α,β-unsaturated/α-hetero) is 1. The average Bonchev–Trinajstić information content (AvgIpc) is 2.12. The fraction of sp³-hybridized carbons (Fsp3) is 0.417. The Morgan fingerprint density at radius 2 is 2.27 bits per heavy atom. The van der Waals surface area contributed by atoms with Gasteiger partial charge in [0.05, 0.1) is 5.75 Å². The van der Waals surface area contributed by atoms with Crippen LogP contribution in [0.2, 0.25) is 5.02 Å². The van der Waals surface area contributed by atoms with Gasteiger partial charge < -0.3 is 0 Å². The molecule has 2 rings (SSSR count). The van der Waals surface area contributed by atoms with Gasteiger partial charge in [-0.05, 0) is 31.0 Å². The summed E-state index contributed by atoms with van der Waals surface area (Å²) in [4.78, 5) is 12.7. The van der Waals surface area contributed by atoms with Crippen molar-refractivity contribution in [3.8, 4) is 0 Å². The normalized spacial score (nSPS) is 16.1. The highest BCUT2D eigenvalue weighted by atomic mass is 35.5. The maximum absolute atomic E-state index is 11.6. The monoisotopic (exact) mass is 240 g/mol. The molecule has 0 N–H and O–H groups in total. The molecule has 1 aliphatic rings. The molecule has 0 aromatic heterocycles. The van der Waals surface area contributed by atoms with Crippen LogP contribution in [0.15, 0.2) is 29.2 Å². The summed E-state index contributed by atoms with van der Waals surface area (Å²) in [5, 5.41) is 0.732. The van der Waals surface area contributed by atoms with Crippen LogP contribution in [0.3, 0.4) is 0 Å². The minimum atomic E-state index is 0.344. The summed E-state index contributed by atoms with van der Waals surface area (Å²) < 4.78 is 0. The van der Waals surface area contributed by atoms with Crippen molar-refractivity contribution >= 4 is 29.1 Å². The maximum Gasteiger partial charge on any atom is 0.146 e. The highest BCUT2D eigenvalue weighted by molar-refractivity contribution is 8.00. The van der Waals surface area contributed by atoms with E-state index in [9.17, 15) is 4.79 Å². The molecule has 1 nitrogen and oxygen atoms in total. The standard InChI is InChI=1S/C12H13ClOS/c13-10-5-2-6-11(7-10)15-8-12(14)9-3-1-4-9/h2,5-7,9H,1,3-4,8H2.